The fourth-order valence-electron chi connectivity index (χ4n) is 2.84. The van der Waals surface area contributed by atoms with E-state index in [0.717, 1.165) is 34.4 Å². The first kappa shape index (κ1) is 14.3. The number of hydrogen-bond acceptors (Lipinski definition) is 6. The number of furan rings is 1. The molecule has 0 saturated carbocycles. The lowest BCUT2D eigenvalue weighted by atomic mass is 10.1. The van der Waals surface area contributed by atoms with Crippen LogP contribution in [0.15, 0.2) is 34.9 Å². The van der Waals surface area contributed by atoms with E-state index in [1.807, 2.05) is 29.2 Å². The second-order valence-corrected chi connectivity index (χ2v) is 6.66. The van der Waals surface area contributed by atoms with E-state index in [1.54, 1.807) is 6.26 Å². The van der Waals surface area contributed by atoms with Gasteiger partial charge in [-0.25, -0.2) is 0 Å². The molecule has 3 aromatic rings. The molecule has 0 aliphatic carbocycles. The van der Waals surface area contributed by atoms with E-state index < -0.39 is 0 Å². The third-order valence-electron chi connectivity index (χ3n) is 4.16. The number of nitrogens with zero attached hydrogens (tertiary/aromatic N) is 3. The zero-order valence-corrected chi connectivity index (χ0v) is 13.3. The van der Waals surface area contributed by atoms with Gasteiger partial charge in [-0.2, -0.15) is 0 Å². The molecule has 2 aromatic heterocycles. The maximum absolute atomic E-state index is 12.5. The second kappa shape index (κ2) is 5.75. The number of carbonyl (C=O) groups is 1. The van der Waals surface area contributed by atoms with Crippen LogP contribution in [0.2, 0.25) is 0 Å². The summed E-state index contributed by atoms with van der Waals surface area (Å²) in [7, 11) is 0. The Morgan fingerprint density at radius 1 is 1.26 bits per heavy atom. The molecular weight excluding hydrogens is 312 g/mol. The van der Waals surface area contributed by atoms with Crippen molar-refractivity contribution in [2.24, 2.45) is 5.73 Å². The molecule has 4 rings (SSSR count). The van der Waals surface area contributed by atoms with Crippen molar-refractivity contribution in [1.82, 2.24) is 15.1 Å². The maximum atomic E-state index is 12.5. The largest absolute Gasteiger partial charge is 0.464 e. The average Bonchev–Trinajstić information content (AvgIpc) is 3.24. The Bertz CT molecular complexity index is 849. The number of piperidine rings is 1. The van der Waals surface area contributed by atoms with Gasteiger partial charge in [0.1, 0.15) is 10.6 Å². The Morgan fingerprint density at radius 2 is 2.09 bits per heavy atom. The molecule has 6 nitrogen and oxygen atoms in total. The van der Waals surface area contributed by atoms with Crippen molar-refractivity contribution in [3.63, 3.8) is 0 Å². The van der Waals surface area contributed by atoms with Crippen molar-refractivity contribution in [3.05, 3.63) is 35.5 Å². The predicted octanol–water partition coefficient (Wildman–Crippen LogP) is 2.51. The minimum atomic E-state index is -0.0555. The van der Waals surface area contributed by atoms with Crippen LogP contribution in [-0.4, -0.2) is 40.1 Å². The lowest BCUT2D eigenvalue weighted by Gasteiger charge is -2.29. The van der Waals surface area contributed by atoms with Gasteiger partial charge in [-0.15, -0.1) is 10.2 Å². The summed E-state index contributed by atoms with van der Waals surface area (Å²) in [6.07, 6.45) is 3.33. The number of fused-ring (bicyclic) bond motifs is 1. The quantitative estimate of drug-likeness (QED) is 0.781. The topological polar surface area (TPSA) is 85.2 Å². The van der Waals surface area contributed by atoms with Crippen molar-refractivity contribution < 1.29 is 9.21 Å². The van der Waals surface area contributed by atoms with Gasteiger partial charge in [0.05, 0.1) is 6.26 Å². The number of benzene rings is 1. The first-order valence-electron chi connectivity index (χ1n) is 7.57. The Morgan fingerprint density at radius 3 is 2.91 bits per heavy atom. The van der Waals surface area contributed by atoms with E-state index in [-0.39, 0.29) is 11.9 Å². The molecule has 1 aromatic carbocycles. The first-order chi connectivity index (χ1) is 11.2. The normalized spacial score (nSPS) is 16.1. The van der Waals surface area contributed by atoms with Gasteiger partial charge in [0, 0.05) is 30.1 Å². The highest BCUT2D eigenvalue weighted by molar-refractivity contribution is 7.16. The highest BCUT2D eigenvalue weighted by Crippen LogP contribution is 2.31. The SMILES string of the molecule is NC1CCN(C(=O)c2nnc(-c3cccc4occc34)s2)CC1. The number of amides is 1. The molecular formula is C16H16N4O2S. The molecule has 1 saturated heterocycles. The molecule has 1 fully saturated rings. The molecule has 1 amide bonds. The summed E-state index contributed by atoms with van der Waals surface area (Å²) in [4.78, 5) is 14.4. The number of aromatic nitrogens is 2. The molecule has 1 aliphatic heterocycles. The van der Waals surface area contributed by atoms with Crippen LogP contribution >= 0.6 is 11.3 Å². The Hall–Kier alpha value is -2.25. The monoisotopic (exact) mass is 328 g/mol. The van der Waals surface area contributed by atoms with Gasteiger partial charge in [0.2, 0.25) is 5.01 Å². The summed E-state index contributed by atoms with van der Waals surface area (Å²) in [5.74, 6) is -0.0555. The third-order valence-corrected chi connectivity index (χ3v) is 5.11. The minimum absolute atomic E-state index is 0.0555. The van der Waals surface area contributed by atoms with E-state index in [9.17, 15) is 4.79 Å². The van der Waals surface area contributed by atoms with Gasteiger partial charge in [0.25, 0.3) is 5.91 Å². The van der Waals surface area contributed by atoms with Crippen LogP contribution in [-0.2, 0) is 0 Å². The summed E-state index contributed by atoms with van der Waals surface area (Å²) in [5, 5.41) is 10.4. The highest BCUT2D eigenvalue weighted by Gasteiger charge is 2.25. The van der Waals surface area contributed by atoms with Crippen LogP contribution in [0.3, 0.4) is 0 Å². The summed E-state index contributed by atoms with van der Waals surface area (Å²) in [5.41, 5.74) is 7.63. The number of hydrogen-bond donors (Lipinski definition) is 1. The maximum Gasteiger partial charge on any atom is 0.284 e. The number of carbonyl (C=O) groups excluding carboxylic acids is 1. The summed E-state index contributed by atoms with van der Waals surface area (Å²) < 4.78 is 5.41. The van der Waals surface area contributed by atoms with E-state index >= 15 is 0 Å². The highest BCUT2D eigenvalue weighted by atomic mass is 32.1. The van der Waals surface area contributed by atoms with Crippen molar-refractivity contribution in [2.75, 3.05) is 13.1 Å². The molecule has 1 aliphatic rings. The third kappa shape index (κ3) is 2.62. The second-order valence-electron chi connectivity index (χ2n) is 5.68. The molecule has 0 atom stereocenters. The van der Waals surface area contributed by atoms with E-state index in [1.165, 1.54) is 11.3 Å². The van der Waals surface area contributed by atoms with E-state index in [4.69, 9.17) is 10.2 Å². The summed E-state index contributed by atoms with van der Waals surface area (Å²) in [6.45, 7) is 1.37. The van der Waals surface area contributed by atoms with Crippen LogP contribution in [0.5, 0.6) is 0 Å². The first-order valence-corrected chi connectivity index (χ1v) is 8.39. The molecule has 0 bridgehead atoms. The number of rotatable bonds is 2. The van der Waals surface area contributed by atoms with Crippen LogP contribution in [0, 0.1) is 0 Å². The molecule has 23 heavy (non-hydrogen) atoms. The molecule has 3 heterocycles. The van der Waals surface area contributed by atoms with Crippen molar-refractivity contribution >= 4 is 28.2 Å². The van der Waals surface area contributed by atoms with Gasteiger partial charge in [-0.1, -0.05) is 23.5 Å². The van der Waals surface area contributed by atoms with Gasteiger partial charge >= 0.3 is 0 Å². The molecule has 2 N–H and O–H groups in total. The van der Waals surface area contributed by atoms with Crippen LogP contribution in [0.25, 0.3) is 21.5 Å². The Labute approximate surface area is 136 Å². The minimum Gasteiger partial charge on any atom is -0.464 e. The lowest BCUT2D eigenvalue weighted by Crippen LogP contribution is -2.42. The molecule has 0 unspecified atom stereocenters. The number of likely N-dealkylation sites (tertiary alicyclic amines) is 1. The molecule has 118 valence electrons. The number of nitrogens with two attached hydrogens (primary N) is 1. The van der Waals surface area contributed by atoms with Crippen molar-refractivity contribution in [3.8, 4) is 10.6 Å². The van der Waals surface area contributed by atoms with Gasteiger partial charge in [-0.05, 0) is 25.0 Å². The smallest absolute Gasteiger partial charge is 0.284 e. The van der Waals surface area contributed by atoms with Gasteiger partial charge in [-0.3, -0.25) is 4.79 Å². The van der Waals surface area contributed by atoms with Gasteiger partial charge < -0.3 is 15.1 Å². The van der Waals surface area contributed by atoms with Crippen molar-refractivity contribution in [1.29, 1.82) is 0 Å². The van der Waals surface area contributed by atoms with E-state index in [2.05, 4.69) is 10.2 Å². The lowest BCUT2D eigenvalue weighted by molar-refractivity contribution is 0.0713. The standard InChI is InChI=1S/C16H16N4O2S/c17-10-4-7-20(8-5-10)16(21)15-19-18-14(23-15)12-2-1-3-13-11(12)6-9-22-13/h1-3,6,9-10H,4-5,7-8,17H2. The zero-order chi connectivity index (χ0) is 15.8. The molecule has 0 spiro atoms. The fraction of sp³-hybridized carbons (Fsp3) is 0.312. The summed E-state index contributed by atoms with van der Waals surface area (Å²) in [6, 6.07) is 7.88. The Balaban J connectivity index is 1.62. The van der Waals surface area contributed by atoms with Gasteiger partial charge in [0.15, 0.2) is 0 Å². The summed E-state index contributed by atoms with van der Waals surface area (Å²) >= 11 is 1.32. The van der Waals surface area contributed by atoms with Crippen LogP contribution in [0.1, 0.15) is 22.6 Å². The van der Waals surface area contributed by atoms with Crippen molar-refractivity contribution in [2.45, 2.75) is 18.9 Å². The van der Waals surface area contributed by atoms with E-state index in [0.29, 0.717) is 18.1 Å². The van der Waals surface area contributed by atoms with Crippen LogP contribution in [0.4, 0.5) is 0 Å². The van der Waals surface area contributed by atoms with Crippen LogP contribution < -0.4 is 5.73 Å². The fourth-order valence-corrected chi connectivity index (χ4v) is 3.69. The zero-order valence-electron chi connectivity index (χ0n) is 12.4. The molecule has 0 radical (unpaired) electrons. The Kier molecular flexibility index (Phi) is 3.59. The molecule has 7 heteroatoms. The predicted molar refractivity (Wildman–Crippen MR) is 88.2 cm³/mol. The average molecular weight is 328 g/mol.